The SMILES string of the molecule is COC(=O)/C=C1/[Se]C(c2ccc(Cl)cc2)=NC1=O. The molecule has 0 fully saturated rings. The summed E-state index contributed by atoms with van der Waals surface area (Å²) in [5.74, 6) is -0.905. The minimum absolute atomic E-state index is 0.279. The molecule has 2 rings (SSSR count). The van der Waals surface area contributed by atoms with E-state index in [0.717, 1.165) is 5.56 Å². The van der Waals surface area contributed by atoms with Crippen LogP contribution in [0.1, 0.15) is 5.56 Å². The first-order valence-electron chi connectivity index (χ1n) is 4.96. The number of benzene rings is 1. The molecule has 0 aliphatic carbocycles. The van der Waals surface area contributed by atoms with Gasteiger partial charge in [0, 0.05) is 0 Å². The fraction of sp³-hybridized carbons (Fsp3) is 0.0833. The second-order valence-corrected chi connectivity index (χ2v) is 5.96. The third kappa shape index (κ3) is 2.88. The van der Waals surface area contributed by atoms with Crippen molar-refractivity contribution < 1.29 is 14.3 Å². The summed E-state index contributed by atoms with van der Waals surface area (Å²) in [6, 6.07) is 7.08. The summed E-state index contributed by atoms with van der Waals surface area (Å²) in [5, 5.41) is 0.626. The fourth-order valence-corrected chi connectivity index (χ4v) is 3.26. The van der Waals surface area contributed by atoms with Gasteiger partial charge in [-0.2, -0.15) is 0 Å². The number of rotatable bonds is 2. The van der Waals surface area contributed by atoms with Gasteiger partial charge in [-0.25, -0.2) is 0 Å². The van der Waals surface area contributed by atoms with Gasteiger partial charge in [0.25, 0.3) is 0 Å². The normalized spacial score (nSPS) is 16.9. The number of hydrogen-bond donors (Lipinski definition) is 0. The van der Waals surface area contributed by atoms with Crippen molar-refractivity contribution in [2.45, 2.75) is 0 Å². The van der Waals surface area contributed by atoms with Crippen LogP contribution in [-0.4, -0.2) is 38.6 Å². The molecule has 1 aromatic carbocycles. The van der Waals surface area contributed by atoms with Gasteiger partial charge in [-0.05, 0) is 0 Å². The Hall–Kier alpha value is -1.42. The van der Waals surface area contributed by atoms with Crippen LogP contribution in [0.15, 0.2) is 39.8 Å². The number of esters is 1. The Morgan fingerprint density at radius 3 is 2.67 bits per heavy atom. The zero-order valence-electron chi connectivity index (χ0n) is 9.34. The maximum atomic E-state index is 11.6. The number of halogens is 1. The summed E-state index contributed by atoms with van der Waals surface area (Å²) >= 11 is 5.51. The van der Waals surface area contributed by atoms with E-state index in [9.17, 15) is 9.59 Å². The summed E-state index contributed by atoms with van der Waals surface area (Å²) in [6.45, 7) is 0. The van der Waals surface area contributed by atoms with Gasteiger partial charge in [0.1, 0.15) is 0 Å². The number of hydrogen-bond acceptors (Lipinski definition) is 3. The van der Waals surface area contributed by atoms with E-state index in [1.807, 2.05) is 0 Å². The number of carbonyl (C=O) groups excluding carboxylic acids is 2. The summed E-state index contributed by atoms with van der Waals surface area (Å²) in [4.78, 5) is 26.6. The van der Waals surface area contributed by atoms with Crippen molar-refractivity contribution in [3.63, 3.8) is 0 Å². The number of aliphatic imine (C=N–C) groups is 1. The van der Waals surface area contributed by atoms with Crippen LogP contribution in [-0.2, 0) is 14.3 Å². The molecule has 0 atom stereocenters. The molecule has 1 heterocycles. The topological polar surface area (TPSA) is 55.7 Å². The molecule has 0 spiro atoms. The van der Waals surface area contributed by atoms with Gasteiger partial charge in [-0.1, -0.05) is 0 Å². The maximum absolute atomic E-state index is 11.6. The van der Waals surface area contributed by atoms with Crippen molar-refractivity contribution >= 4 is 43.0 Å². The van der Waals surface area contributed by atoms with Crippen molar-refractivity contribution in [2.24, 2.45) is 4.99 Å². The molecule has 0 saturated carbocycles. The van der Waals surface area contributed by atoms with E-state index in [0.29, 0.717) is 14.1 Å². The van der Waals surface area contributed by atoms with Gasteiger partial charge in [-0.3, -0.25) is 0 Å². The average molecular weight is 329 g/mol. The van der Waals surface area contributed by atoms with Crippen LogP contribution in [0.4, 0.5) is 0 Å². The standard InChI is InChI=1S/C12H8ClNO3Se/c1-17-10(15)6-9-11(16)14-12(18-9)7-2-4-8(13)5-3-7/h2-6H,1H3/b9-6+. The van der Waals surface area contributed by atoms with Crippen LogP contribution in [0, 0.1) is 0 Å². The Morgan fingerprint density at radius 2 is 2.06 bits per heavy atom. The fourth-order valence-electron chi connectivity index (χ4n) is 1.29. The number of carbonyl (C=O) groups is 2. The zero-order chi connectivity index (χ0) is 13.1. The van der Waals surface area contributed by atoms with Crippen molar-refractivity contribution in [1.82, 2.24) is 0 Å². The molecule has 6 heteroatoms. The molecule has 0 bridgehead atoms. The van der Waals surface area contributed by atoms with Crippen LogP contribution in [0.2, 0.25) is 5.02 Å². The van der Waals surface area contributed by atoms with E-state index in [1.54, 1.807) is 24.3 Å². The molecule has 1 aliphatic rings. The van der Waals surface area contributed by atoms with Gasteiger partial charge >= 0.3 is 115 Å². The monoisotopic (exact) mass is 329 g/mol. The second kappa shape index (κ2) is 5.48. The molecular weight excluding hydrogens is 321 g/mol. The molecule has 0 aromatic heterocycles. The predicted octanol–water partition coefficient (Wildman–Crippen LogP) is 1.39. The van der Waals surface area contributed by atoms with Gasteiger partial charge in [0.15, 0.2) is 0 Å². The van der Waals surface area contributed by atoms with Crippen molar-refractivity contribution in [2.75, 3.05) is 7.11 Å². The number of ether oxygens (including phenoxy) is 1. The van der Waals surface area contributed by atoms with E-state index < -0.39 is 5.97 Å². The first kappa shape index (κ1) is 13.0. The molecule has 4 nitrogen and oxygen atoms in total. The third-order valence-corrected chi connectivity index (χ3v) is 4.58. The van der Waals surface area contributed by atoms with E-state index in [-0.39, 0.29) is 20.9 Å². The molecule has 0 N–H and O–H groups in total. The molecule has 1 aromatic rings. The van der Waals surface area contributed by atoms with Gasteiger partial charge in [0.2, 0.25) is 0 Å². The predicted molar refractivity (Wildman–Crippen MR) is 68.8 cm³/mol. The molecule has 0 radical (unpaired) electrons. The summed E-state index contributed by atoms with van der Waals surface area (Å²) in [5.41, 5.74) is 0.848. The molecule has 92 valence electrons. The van der Waals surface area contributed by atoms with E-state index >= 15 is 0 Å². The minimum atomic E-state index is -0.534. The van der Waals surface area contributed by atoms with Crippen LogP contribution in [0.5, 0.6) is 0 Å². The van der Waals surface area contributed by atoms with Crippen LogP contribution < -0.4 is 0 Å². The number of methoxy groups -OCH3 is 1. The Morgan fingerprint density at radius 1 is 1.39 bits per heavy atom. The number of amides is 1. The summed E-state index contributed by atoms with van der Waals surface area (Å²) in [6.07, 6.45) is 1.20. The molecule has 18 heavy (non-hydrogen) atoms. The van der Waals surface area contributed by atoms with Gasteiger partial charge in [0.05, 0.1) is 0 Å². The van der Waals surface area contributed by atoms with Crippen LogP contribution in [0.3, 0.4) is 0 Å². The van der Waals surface area contributed by atoms with Gasteiger partial charge in [-0.15, -0.1) is 0 Å². The third-order valence-electron chi connectivity index (χ3n) is 2.16. The Bertz CT molecular complexity index is 563. The van der Waals surface area contributed by atoms with Crippen LogP contribution in [0.25, 0.3) is 0 Å². The second-order valence-electron chi connectivity index (χ2n) is 3.36. The summed E-state index contributed by atoms with van der Waals surface area (Å²) in [7, 11) is 1.27. The quantitative estimate of drug-likeness (QED) is 0.468. The van der Waals surface area contributed by atoms with E-state index in [2.05, 4.69) is 9.73 Å². The first-order chi connectivity index (χ1) is 8.60. The van der Waals surface area contributed by atoms with Crippen LogP contribution >= 0.6 is 11.6 Å². The Balaban J connectivity index is 2.22. The average Bonchev–Trinajstić information content (AvgIpc) is 2.71. The van der Waals surface area contributed by atoms with Crippen molar-refractivity contribution in [3.8, 4) is 0 Å². The Labute approximate surface area is 115 Å². The molecule has 0 saturated heterocycles. The summed E-state index contributed by atoms with van der Waals surface area (Å²) < 4.78 is 5.59. The molecule has 1 aliphatic heterocycles. The van der Waals surface area contributed by atoms with Crippen molar-refractivity contribution in [3.05, 3.63) is 45.4 Å². The zero-order valence-corrected chi connectivity index (χ0v) is 11.8. The van der Waals surface area contributed by atoms with Gasteiger partial charge < -0.3 is 0 Å². The molecular formula is C12H8ClNO3Se. The van der Waals surface area contributed by atoms with E-state index in [1.165, 1.54) is 13.2 Å². The van der Waals surface area contributed by atoms with E-state index in [4.69, 9.17) is 11.6 Å². The van der Waals surface area contributed by atoms with Crippen molar-refractivity contribution in [1.29, 1.82) is 0 Å². The first-order valence-corrected chi connectivity index (χ1v) is 7.05. The molecule has 0 unspecified atom stereocenters. The molecule has 1 amide bonds. The Kier molecular flexibility index (Phi) is 3.97. The number of nitrogens with zero attached hydrogens (tertiary/aromatic N) is 1.